The van der Waals surface area contributed by atoms with Crippen LogP contribution in [0.4, 0.5) is 0 Å². The first kappa shape index (κ1) is 16.7. The molecule has 0 radical (unpaired) electrons. The van der Waals surface area contributed by atoms with Gasteiger partial charge in [0.05, 0.1) is 19.4 Å². The van der Waals surface area contributed by atoms with Crippen molar-refractivity contribution in [2.75, 3.05) is 32.8 Å². The predicted octanol–water partition coefficient (Wildman–Crippen LogP) is 1.41. The van der Waals surface area contributed by atoms with E-state index >= 15 is 0 Å². The van der Waals surface area contributed by atoms with Gasteiger partial charge in [0.1, 0.15) is 5.75 Å². The van der Waals surface area contributed by atoms with E-state index in [1.807, 2.05) is 40.3 Å². The zero-order valence-corrected chi connectivity index (χ0v) is 14.7. The monoisotopic (exact) mass is 353 g/mol. The molecule has 0 spiro atoms. The Morgan fingerprint density at radius 2 is 1.73 bits per heavy atom. The quantitative estimate of drug-likeness (QED) is 0.904. The van der Waals surface area contributed by atoms with Gasteiger partial charge >= 0.3 is 0 Å². The molecule has 1 N–H and O–H groups in total. The third kappa shape index (κ3) is 3.59. The van der Waals surface area contributed by atoms with Crippen LogP contribution >= 0.6 is 0 Å². The van der Waals surface area contributed by atoms with Gasteiger partial charge in [-0.25, -0.2) is 0 Å². The number of benzene rings is 1. The number of ether oxygens (including phenoxy) is 1. The van der Waals surface area contributed by atoms with Gasteiger partial charge in [0.15, 0.2) is 0 Å². The number of carbonyl (C=O) groups is 2. The molecule has 26 heavy (non-hydrogen) atoms. The molecule has 0 atom stereocenters. The number of carbonyl (C=O) groups excluding carboxylic acids is 2. The van der Waals surface area contributed by atoms with Crippen LogP contribution < -0.4 is 4.74 Å². The Morgan fingerprint density at radius 1 is 1.00 bits per heavy atom. The van der Waals surface area contributed by atoms with Crippen LogP contribution in [0, 0.1) is 0 Å². The van der Waals surface area contributed by atoms with Gasteiger partial charge < -0.3 is 19.5 Å². The van der Waals surface area contributed by atoms with E-state index in [-0.39, 0.29) is 11.8 Å². The first-order valence-electron chi connectivity index (χ1n) is 9.11. The van der Waals surface area contributed by atoms with Crippen molar-refractivity contribution in [2.45, 2.75) is 19.3 Å². The maximum absolute atomic E-state index is 12.6. The molecule has 136 valence electrons. The van der Waals surface area contributed by atoms with Gasteiger partial charge in [0, 0.05) is 44.5 Å². The number of nitrogens with zero attached hydrogens (tertiary/aromatic N) is 2. The van der Waals surface area contributed by atoms with Crippen molar-refractivity contribution in [3.05, 3.63) is 53.3 Å². The fourth-order valence-corrected chi connectivity index (χ4v) is 3.59. The zero-order valence-electron chi connectivity index (χ0n) is 14.7. The summed E-state index contributed by atoms with van der Waals surface area (Å²) in [6.07, 6.45) is 3.53. The van der Waals surface area contributed by atoms with Crippen molar-refractivity contribution in [2.24, 2.45) is 0 Å². The van der Waals surface area contributed by atoms with Crippen molar-refractivity contribution in [1.29, 1.82) is 0 Å². The minimum absolute atomic E-state index is 0.109. The van der Waals surface area contributed by atoms with Crippen molar-refractivity contribution in [3.63, 3.8) is 0 Å². The number of aromatic amines is 1. The third-order valence-electron chi connectivity index (χ3n) is 5.10. The second-order valence-corrected chi connectivity index (χ2v) is 6.85. The van der Waals surface area contributed by atoms with Crippen molar-refractivity contribution in [1.82, 2.24) is 14.8 Å². The number of hydrogen-bond donors (Lipinski definition) is 1. The number of piperazine rings is 1. The molecule has 0 unspecified atom stereocenters. The van der Waals surface area contributed by atoms with Crippen LogP contribution in [0.3, 0.4) is 0 Å². The highest BCUT2D eigenvalue weighted by atomic mass is 16.5. The summed E-state index contributed by atoms with van der Waals surface area (Å²) in [6, 6.07) is 9.82. The smallest absolute Gasteiger partial charge is 0.228 e. The topological polar surface area (TPSA) is 65.6 Å². The van der Waals surface area contributed by atoms with Crippen LogP contribution in [-0.2, 0) is 28.9 Å². The maximum atomic E-state index is 12.6. The van der Waals surface area contributed by atoms with E-state index in [2.05, 4.69) is 11.1 Å². The van der Waals surface area contributed by atoms with Crippen molar-refractivity contribution in [3.8, 4) is 5.75 Å². The lowest BCUT2D eigenvalue weighted by atomic mass is 10.1. The Morgan fingerprint density at radius 3 is 2.42 bits per heavy atom. The highest BCUT2D eigenvalue weighted by Crippen LogP contribution is 2.26. The average molecular weight is 353 g/mol. The Kier molecular flexibility index (Phi) is 4.65. The Bertz CT molecular complexity index is 793. The highest BCUT2D eigenvalue weighted by Gasteiger charge is 2.24. The number of hydrogen-bond acceptors (Lipinski definition) is 3. The van der Waals surface area contributed by atoms with Crippen molar-refractivity contribution < 1.29 is 14.3 Å². The predicted molar refractivity (Wildman–Crippen MR) is 97.0 cm³/mol. The maximum Gasteiger partial charge on any atom is 0.228 e. The number of rotatable bonds is 4. The van der Waals surface area contributed by atoms with E-state index in [0.717, 1.165) is 30.0 Å². The molecule has 6 nitrogen and oxygen atoms in total. The van der Waals surface area contributed by atoms with Gasteiger partial charge in [-0.1, -0.05) is 12.1 Å². The highest BCUT2D eigenvalue weighted by molar-refractivity contribution is 5.81. The molecule has 0 aliphatic carbocycles. The molecule has 6 heteroatoms. The number of amides is 2. The summed E-state index contributed by atoms with van der Waals surface area (Å²) in [6.45, 7) is 3.13. The lowest BCUT2D eigenvalue weighted by Crippen LogP contribution is -2.51. The van der Waals surface area contributed by atoms with Crippen LogP contribution in [0.5, 0.6) is 5.75 Å². The molecule has 0 bridgehead atoms. The molecule has 2 aliphatic heterocycles. The Hall–Kier alpha value is -2.76. The van der Waals surface area contributed by atoms with Gasteiger partial charge in [-0.2, -0.15) is 0 Å². The first-order valence-corrected chi connectivity index (χ1v) is 9.11. The standard InChI is InChI=1S/C20H23N3O3/c24-19(13-15-3-4-18-16(12-15)5-11-26-18)22-7-9-23(10-8-22)20(25)14-17-2-1-6-21-17/h1-4,6,12,21H,5,7-11,13-14H2. The molecule has 1 aromatic heterocycles. The van der Waals surface area contributed by atoms with Crippen LogP contribution in [0.1, 0.15) is 16.8 Å². The minimum Gasteiger partial charge on any atom is -0.493 e. The van der Waals surface area contributed by atoms with Gasteiger partial charge in [0.2, 0.25) is 11.8 Å². The molecule has 2 aliphatic rings. The van der Waals surface area contributed by atoms with Crippen LogP contribution in [0.2, 0.25) is 0 Å². The number of aromatic nitrogens is 1. The lowest BCUT2D eigenvalue weighted by molar-refractivity contribution is -0.138. The van der Waals surface area contributed by atoms with Crippen molar-refractivity contribution >= 4 is 11.8 Å². The van der Waals surface area contributed by atoms with Crippen LogP contribution in [0.25, 0.3) is 0 Å². The zero-order chi connectivity index (χ0) is 17.9. The summed E-state index contributed by atoms with van der Waals surface area (Å²) < 4.78 is 5.51. The van der Waals surface area contributed by atoms with E-state index in [1.54, 1.807) is 0 Å². The Balaban J connectivity index is 1.28. The van der Waals surface area contributed by atoms with E-state index in [4.69, 9.17) is 4.74 Å². The molecule has 0 saturated carbocycles. The second kappa shape index (κ2) is 7.23. The van der Waals surface area contributed by atoms with Gasteiger partial charge in [-0.15, -0.1) is 0 Å². The Labute approximate surface area is 152 Å². The molecule has 2 amide bonds. The largest absolute Gasteiger partial charge is 0.493 e. The van der Waals surface area contributed by atoms with Gasteiger partial charge in [-0.3, -0.25) is 9.59 Å². The first-order chi connectivity index (χ1) is 12.7. The summed E-state index contributed by atoms with van der Waals surface area (Å²) in [5, 5.41) is 0. The summed E-state index contributed by atoms with van der Waals surface area (Å²) in [5.74, 6) is 1.17. The molecular weight excluding hydrogens is 330 g/mol. The fourth-order valence-electron chi connectivity index (χ4n) is 3.59. The molecule has 3 heterocycles. The summed E-state index contributed by atoms with van der Waals surface area (Å²) in [4.78, 5) is 31.7. The van der Waals surface area contributed by atoms with Crippen LogP contribution in [0.15, 0.2) is 36.5 Å². The van der Waals surface area contributed by atoms with E-state index in [9.17, 15) is 9.59 Å². The molecule has 1 aromatic carbocycles. The average Bonchev–Trinajstić information content (AvgIpc) is 3.33. The summed E-state index contributed by atoms with van der Waals surface area (Å²) in [7, 11) is 0. The van der Waals surface area contributed by atoms with Crippen LogP contribution in [-0.4, -0.2) is 59.4 Å². The van der Waals surface area contributed by atoms with Gasteiger partial charge in [0.25, 0.3) is 0 Å². The number of nitrogens with one attached hydrogen (secondary N) is 1. The van der Waals surface area contributed by atoms with E-state index in [0.29, 0.717) is 39.0 Å². The molecule has 4 rings (SSSR count). The fraction of sp³-hybridized carbons (Fsp3) is 0.400. The van der Waals surface area contributed by atoms with Gasteiger partial charge in [-0.05, 0) is 29.3 Å². The molecule has 1 fully saturated rings. The normalized spacial score (nSPS) is 16.3. The minimum atomic E-state index is 0.109. The van der Waals surface area contributed by atoms with E-state index < -0.39 is 0 Å². The second-order valence-electron chi connectivity index (χ2n) is 6.85. The third-order valence-corrected chi connectivity index (χ3v) is 5.10. The number of fused-ring (bicyclic) bond motifs is 1. The van der Waals surface area contributed by atoms with E-state index in [1.165, 1.54) is 5.56 Å². The lowest BCUT2D eigenvalue weighted by Gasteiger charge is -2.35. The molecular formula is C20H23N3O3. The number of H-pyrrole nitrogens is 1. The SMILES string of the molecule is O=C(Cc1ccc2c(c1)CCO2)N1CCN(C(=O)Cc2ccc[nH]2)CC1. The molecule has 2 aromatic rings. The summed E-state index contributed by atoms with van der Waals surface area (Å²) in [5.41, 5.74) is 3.15. The summed E-state index contributed by atoms with van der Waals surface area (Å²) >= 11 is 0. The molecule has 1 saturated heterocycles.